The van der Waals surface area contributed by atoms with Crippen LogP contribution in [0.1, 0.15) is 65.7 Å². The number of rotatable bonds is 10. The normalized spacial score (nSPS) is 40.7. The number of aldehydes is 1. The lowest BCUT2D eigenvalue weighted by molar-refractivity contribution is -0.108. The summed E-state index contributed by atoms with van der Waals surface area (Å²) in [6, 6.07) is 0. The third kappa shape index (κ3) is 3.96. The minimum absolute atomic E-state index is 0.00878. The molecule has 2 saturated carbocycles. The first-order chi connectivity index (χ1) is 15.9. The van der Waals surface area contributed by atoms with E-state index in [0.29, 0.717) is 24.2 Å². The Kier molecular flexibility index (Phi) is 6.48. The average molecular weight is 460 g/mol. The van der Waals surface area contributed by atoms with E-state index in [2.05, 4.69) is 39.0 Å². The number of allylic oxidation sites excluding steroid dienone is 5. The molecule has 2 fully saturated rings. The van der Waals surface area contributed by atoms with Crippen LogP contribution in [0.2, 0.25) is 0 Å². The van der Waals surface area contributed by atoms with Crippen LogP contribution in [0.4, 0.5) is 0 Å². The van der Waals surface area contributed by atoms with Gasteiger partial charge in [0.25, 0.3) is 0 Å². The fraction of sp³-hybridized carbons (Fsp3) is 0.708. The SMILES string of the molecule is [3H][B]SO[C@@H]1CC2=CC=C3C(CC[C@]4(C)C([C@@H](C)CCC=O)=CCC34)[C@@]2(C)[C@@H](OS[B][3H])C1. The zero-order valence-electron chi connectivity index (χ0n) is 20.8. The molecule has 7 heteroatoms. The van der Waals surface area contributed by atoms with Gasteiger partial charge in [0.05, 0.1) is 12.2 Å². The van der Waals surface area contributed by atoms with Crippen molar-refractivity contribution < 1.29 is 13.2 Å². The van der Waals surface area contributed by atoms with Crippen LogP contribution in [0.5, 0.6) is 0 Å². The molecule has 4 aliphatic rings. The molecule has 0 aromatic heterocycles. The van der Waals surface area contributed by atoms with E-state index in [4.69, 9.17) is 11.0 Å². The molecule has 0 spiro atoms. The maximum atomic E-state index is 10.9. The van der Waals surface area contributed by atoms with Gasteiger partial charge in [0, 0.05) is 18.3 Å². The van der Waals surface area contributed by atoms with Crippen molar-refractivity contribution in [2.45, 2.75) is 77.9 Å². The quantitative estimate of drug-likeness (QED) is 0.191. The molecule has 0 bridgehead atoms. The van der Waals surface area contributed by atoms with Crippen LogP contribution in [-0.2, 0) is 13.2 Å². The lowest BCUT2D eigenvalue weighted by Crippen LogP contribution is -2.52. The molecule has 0 amide bonds. The minimum Gasteiger partial charge on any atom is -0.324 e. The van der Waals surface area contributed by atoms with E-state index in [9.17, 15) is 4.79 Å². The van der Waals surface area contributed by atoms with Crippen molar-refractivity contribution in [3.05, 3.63) is 34.9 Å². The van der Waals surface area contributed by atoms with Crippen LogP contribution < -0.4 is 0 Å². The first kappa shape index (κ1) is 21.2. The molecule has 7 atom stereocenters. The second-order valence-corrected chi connectivity index (χ2v) is 10.9. The van der Waals surface area contributed by atoms with Gasteiger partial charge in [-0.05, 0) is 57.9 Å². The van der Waals surface area contributed by atoms with Crippen molar-refractivity contribution >= 4 is 44.3 Å². The molecule has 31 heavy (non-hydrogen) atoms. The standard InChI is InChI=1S/C24H34B2O3S2/c1-15(5-4-12-27)19-8-9-20-18-7-6-16-13-17(28-30-25)14-22(29-31-26)24(16,3)21(18)10-11-23(19,20)2/h6-8,12,15,17,20-22,25-26H,4-5,9-11,13-14H2,1-3H3/t15-,17+,20?,21?,22-,23+,24-/m0/s1/i25T,26T. The highest BCUT2D eigenvalue weighted by atomic mass is 32.2. The summed E-state index contributed by atoms with van der Waals surface area (Å²) in [7, 11) is 2.49. The fourth-order valence-corrected chi connectivity index (χ4v) is 7.94. The van der Waals surface area contributed by atoms with Crippen molar-refractivity contribution in [1.82, 2.24) is 0 Å². The Morgan fingerprint density at radius 2 is 2.10 bits per heavy atom. The molecule has 4 rings (SSSR count). The highest BCUT2D eigenvalue weighted by molar-refractivity contribution is 8.16. The van der Waals surface area contributed by atoms with Crippen molar-refractivity contribution in [3.8, 4) is 0 Å². The van der Waals surface area contributed by atoms with Gasteiger partial charge < -0.3 is 13.2 Å². The lowest BCUT2D eigenvalue weighted by atomic mass is 9.49. The molecule has 2 unspecified atom stereocenters. The van der Waals surface area contributed by atoms with Crippen molar-refractivity contribution in [2.75, 3.05) is 0 Å². The van der Waals surface area contributed by atoms with Crippen molar-refractivity contribution in [2.24, 2.45) is 28.6 Å². The zero-order valence-corrected chi connectivity index (χ0v) is 20.5. The second kappa shape index (κ2) is 9.48. The topological polar surface area (TPSA) is 35.5 Å². The van der Waals surface area contributed by atoms with Gasteiger partial charge >= 0.3 is 0 Å². The monoisotopic (exact) mass is 460 g/mol. The highest BCUT2D eigenvalue weighted by Crippen LogP contribution is 2.65. The molecular weight excluding hydrogens is 422 g/mol. The number of carbonyl (C=O) groups is 1. The van der Waals surface area contributed by atoms with E-state index < -0.39 is 0 Å². The van der Waals surface area contributed by atoms with E-state index in [1.807, 2.05) is 0 Å². The molecule has 0 aromatic rings. The third-order valence-corrected chi connectivity index (χ3v) is 9.58. The maximum absolute atomic E-state index is 10.9. The van der Waals surface area contributed by atoms with Gasteiger partial charge in [0.1, 0.15) is 6.29 Å². The van der Waals surface area contributed by atoms with Gasteiger partial charge in [0.2, 0.25) is 14.2 Å². The minimum atomic E-state index is -0.109. The first-order valence-electron chi connectivity index (χ1n) is 12.6. The summed E-state index contributed by atoms with van der Waals surface area (Å²) < 4.78 is 26.9. The van der Waals surface area contributed by atoms with Gasteiger partial charge in [-0.15, -0.1) is 0 Å². The fourth-order valence-electron chi connectivity index (χ4n) is 7.22. The van der Waals surface area contributed by atoms with Crippen LogP contribution in [0, 0.1) is 28.6 Å². The number of fused-ring (bicyclic) bond motifs is 5. The predicted octanol–water partition coefficient (Wildman–Crippen LogP) is 5.33. The summed E-state index contributed by atoms with van der Waals surface area (Å²) >= 11 is 2.20. The van der Waals surface area contributed by atoms with Crippen LogP contribution >= 0.6 is 23.8 Å². The van der Waals surface area contributed by atoms with Crippen LogP contribution in [0.25, 0.3) is 0 Å². The van der Waals surface area contributed by atoms with E-state index >= 15 is 0 Å². The molecule has 0 aromatic carbocycles. The van der Waals surface area contributed by atoms with Crippen LogP contribution in [0.3, 0.4) is 0 Å². The van der Waals surface area contributed by atoms with Crippen LogP contribution in [0.15, 0.2) is 34.9 Å². The van der Waals surface area contributed by atoms with E-state index in [1.54, 1.807) is 11.1 Å². The maximum Gasteiger partial charge on any atom is 0.209 e. The molecular formula is C24H34B2O3S2. The molecule has 3 nitrogen and oxygen atoms in total. The largest absolute Gasteiger partial charge is 0.324 e. The number of hydrogen-bond donors (Lipinski definition) is 0. The molecule has 0 aliphatic heterocycles. The Morgan fingerprint density at radius 3 is 2.87 bits per heavy atom. The van der Waals surface area contributed by atoms with Crippen LogP contribution in [-0.4, -0.2) is 35.3 Å². The van der Waals surface area contributed by atoms with Crippen molar-refractivity contribution in [1.29, 1.82) is 2.67 Å². The number of carbonyl (C=O) groups excluding carboxylic acids is 1. The highest BCUT2D eigenvalue weighted by Gasteiger charge is 2.57. The molecule has 2 radical (unpaired) electrons. The summed E-state index contributed by atoms with van der Waals surface area (Å²) in [5.41, 5.74) is 4.56. The van der Waals surface area contributed by atoms with Gasteiger partial charge in [0.15, 0.2) is 0 Å². The summed E-state index contributed by atoms with van der Waals surface area (Å²) in [6.45, 7) is 7.10. The smallest absolute Gasteiger partial charge is 0.209 e. The predicted molar refractivity (Wildman–Crippen MR) is 134 cm³/mol. The van der Waals surface area contributed by atoms with E-state index in [-0.39, 0.29) is 23.0 Å². The summed E-state index contributed by atoms with van der Waals surface area (Å²) in [5.74, 6) is 1.39. The Labute approximate surface area is 201 Å². The molecule has 0 saturated heterocycles. The Bertz CT molecular complexity index is 839. The zero-order chi connectivity index (χ0) is 23.6. The average Bonchev–Trinajstić information content (AvgIpc) is 3.17. The molecule has 0 N–H and O–H groups in total. The molecule has 0 heterocycles. The first-order valence-corrected chi connectivity index (χ1v) is 13.1. The van der Waals surface area contributed by atoms with E-state index in [0.717, 1.165) is 68.6 Å². The van der Waals surface area contributed by atoms with Gasteiger partial charge in [-0.1, -0.05) is 79.5 Å². The van der Waals surface area contributed by atoms with Gasteiger partial charge in [-0.3, -0.25) is 0 Å². The van der Waals surface area contributed by atoms with Gasteiger partial charge in [-0.25, -0.2) is 0 Å². The van der Waals surface area contributed by atoms with E-state index in [1.165, 1.54) is 19.7 Å². The summed E-state index contributed by atoms with van der Waals surface area (Å²) in [5, 5.41) is 0. The Balaban J connectivity index is 1.62. The Morgan fingerprint density at radius 1 is 1.29 bits per heavy atom. The summed E-state index contributed by atoms with van der Waals surface area (Å²) in [6.07, 6.45) is 14.8. The van der Waals surface area contributed by atoms with Crippen molar-refractivity contribution in [3.63, 3.8) is 0 Å². The molecule has 166 valence electrons. The molecule has 4 aliphatic carbocycles. The Hall–Kier alpha value is -0.360. The summed E-state index contributed by atoms with van der Waals surface area (Å²) in [4.78, 5) is 10.9. The van der Waals surface area contributed by atoms with Gasteiger partial charge in [-0.2, -0.15) is 0 Å². The third-order valence-electron chi connectivity index (χ3n) is 8.86. The lowest BCUT2D eigenvalue weighted by Gasteiger charge is -2.57. The second-order valence-electron chi connectivity index (χ2n) is 10.2. The number of hydrogen-bond acceptors (Lipinski definition) is 5.